The lowest BCUT2D eigenvalue weighted by Crippen LogP contribution is -2.43. The third-order valence-corrected chi connectivity index (χ3v) is 5.14. The van der Waals surface area contributed by atoms with Gasteiger partial charge in [-0.1, -0.05) is 12.1 Å². The van der Waals surface area contributed by atoms with Crippen LogP contribution in [-0.4, -0.2) is 50.1 Å². The fourth-order valence-corrected chi connectivity index (χ4v) is 3.75. The molecule has 2 heterocycles. The summed E-state index contributed by atoms with van der Waals surface area (Å²) in [5.74, 6) is 0.136. The van der Waals surface area contributed by atoms with Gasteiger partial charge in [-0.05, 0) is 43.4 Å². The van der Waals surface area contributed by atoms with Gasteiger partial charge < -0.3 is 9.88 Å². The highest BCUT2D eigenvalue weighted by atomic mass is 32.2. The lowest BCUT2D eigenvalue weighted by atomic mass is 9.98. The normalized spacial score (nSPS) is 18.9. The molecule has 1 amide bonds. The van der Waals surface area contributed by atoms with Crippen LogP contribution in [0.15, 0.2) is 24.3 Å². The average molecular weight is 349 g/mol. The van der Waals surface area contributed by atoms with Gasteiger partial charge in [0.25, 0.3) is 5.91 Å². The second kappa shape index (κ2) is 6.57. The van der Waals surface area contributed by atoms with Crippen molar-refractivity contribution in [1.29, 1.82) is 0 Å². The molecule has 130 valence electrons. The Morgan fingerprint density at radius 3 is 2.92 bits per heavy atom. The summed E-state index contributed by atoms with van der Waals surface area (Å²) in [5, 5.41) is 1.02. The molecule has 7 heteroatoms. The van der Waals surface area contributed by atoms with Crippen LogP contribution in [-0.2, 0) is 10.0 Å². The van der Waals surface area contributed by atoms with Crippen molar-refractivity contribution in [1.82, 2.24) is 14.6 Å². The maximum Gasteiger partial charge on any atom is 0.270 e. The predicted octanol–water partition coefficient (Wildman–Crippen LogP) is 1.88. The lowest BCUT2D eigenvalue weighted by molar-refractivity contribution is 0.0671. The number of hydrogen-bond donors (Lipinski definition) is 2. The number of aromatic amines is 1. The summed E-state index contributed by atoms with van der Waals surface area (Å²) in [6.45, 7) is 3.69. The molecule has 0 unspecified atom stereocenters. The number of carbonyl (C=O) groups excluding carboxylic acids is 1. The van der Waals surface area contributed by atoms with Gasteiger partial charge in [-0.25, -0.2) is 13.1 Å². The molecule has 6 nitrogen and oxygen atoms in total. The Morgan fingerprint density at radius 1 is 1.38 bits per heavy atom. The zero-order valence-electron chi connectivity index (χ0n) is 14.0. The van der Waals surface area contributed by atoms with Crippen molar-refractivity contribution in [3.05, 3.63) is 35.5 Å². The predicted molar refractivity (Wildman–Crippen MR) is 94.5 cm³/mol. The number of aryl methyl sites for hydroxylation is 1. The molecule has 1 aromatic heterocycles. The number of likely N-dealkylation sites (tertiary alicyclic amines) is 1. The van der Waals surface area contributed by atoms with Gasteiger partial charge >= 0.3 is 0 Å². The van der Waals surface area contributed by atoms with Crippen molar-refractivity contribution in [2.45, 2.75) is 19.8 Å². The van der Waals surface area contributed by atoms with E-state index in [1.165, 1.54) is 0 Å². The number of amides is 1. The van der Waals surface area contributed by atoms with Gasteiger partial charge in [0.15, 0.2) is 0 Å². The molecule has 1 fully saturated rings. The Kier molecular flexibility index (Phi) is 4.64. The van der Waals surface area contributed by atoms with E-state index >= 15 is 0 Å². The van der Waals surface area contributed by atoms with E-state index in [1.807, 2.05) is 36.1 Å². The van der Waals surface area contributed by atoms with E-state index in [-0.39, 0.29) is 11.8 Å². The molecule has 2 aromatic rings. The standard InChI is InChI=1S/C17H23N3O3S/c1-12-5-6-14-9-16(19-15(14)8-12)17(21)20-7-3-4-13(11-20)10-18-24(2,22)23/h5-6,8-9,13,18-19H,3-4,7,10-11H2,1-2H3/t13-/m0/s1. The second-order valence-corrected chi connectivity index (χ2v) is 8.49. The summed E-state index contributed by atoms with van der Waals surface area (Å²) in [6.07, 6.45) is 2.98. The Hall–Kier alpha value is -1.86. The van der Waals surface area contributed by atoms with Gasteiger partial charge in [0, 0.05) is 30.5 Å². The average Bonchev–Trinajstić information content (AvgIpc) is 2.95. The van der Waals surface area contributed by atoms with E-state index in [1.54, 1.807) is 0 Å². The second-order valence-electron chi connectivity index (χ2n) is 6.65. The first kappa shape index (κ1) is 17.0. The van der Waals surface area contributed by atoms with E-state index in [4.69, 9.17) is 0 Å². The summed E-state index contributed by atoms with van der Waals surface area (Å²) >= 11 is 0. The molecule has 2 N–H and O–H groups in total. The summed E-state index contributed by atoms with van der Waals surface area (Å²) in [4.78, 5) is 17.8. The topological polar surface area (TPSA) is 82.3 Å². The van der Waals surface area contributed by atoms with E-state index < -0.39 is 10.0 Å². The summed E-state index contributed by atoms with van der Waals surface area (Å²) in [6, 6.07) is 7.95. The summed E-state index contributed by atoms with van der Waals surface area (Å²) in [5.41, 5.74) is 2.70. The summed E-state index contributed by atoms with van der Waals surface area (Å²) < 4.78 is 25.0. The Bertz CT molecular complexity index is 857. The van der Waals surface area contributed by atoms with Crippen LogP contribution in [0, 0.1) is 12.8 Å². The van der Waals surface area contributed by atoms with Crippen molar-refractivity contribution < 1.29 is 13.2 Å². The number of carbonyl (C=O) groups is 1. The molecular weight excluding hydrogens is 326 g/mol. The van der Waals surface area contributed by atoms with Crippen molar-refractivity contribution in [3.63, 3.8) is 0 Å². The van der Waals surface area contributed by atoms with Crippen molar-refractivity contribution in [2.75, 3.05) is 25.9 Å². The fraction of sp³-hybridized carbons (Fsp3) is 0.471. The molecule has 0 radical (unpaired) electrons. The molecule has 3 rings (SSSR count). The SMILES string of the molecule is Cc1ccc2cc(C(=O)N3CCC[C@@H](CNS(C)(=O)=O)C3)[nH]c2c1. The Balaban J connectivity index is 1.71. The number of H-pyrrole nitrogens is 1. The molecule has 1 saturated heterocycles. The molecule has 1 aliphatic heterocycles. The van der Waals surface area contributed by atoms with Crippen LogP contribution in [0.5, 0.6) is 0 Å². The minimum atomic E-state index is -3.19. The van der Waals surface area contributed by atoms with Gasteiger partial charge in [-0.3, -0.25) is 4.79 Å². The molecular formula is C17H23N3O3S. The molecule has 0 aliphatic carbocycles. The Morgan fingerprint density at radius 2 is 2.17 bits per heavy atom. The maximum atomic E-state index is 12.8. The van der Waals surface area contributed by atoms with Gasteiger partial charge in [0.2, 0.25) is 10.0 Å². The first-order valence-corrected chi connectivity index (χ1v) is 10.0. The van der Waals surface area contributed by atoms with Crippen LogP contribution in [0.4, 0.5) is 0 Å². The number of sulfonamides is 1. The molecule has 0 bridgehead atoms. The van der Waals surface area contributed by atoms with Crippen molar-refractivity contribution >= 4 is 26.8 Å². The molecule has 1 aliphatic rings. The van der Waals surface area contributed by atoms with Gasteiger partial charge in [-0.15, -0.1) is 0 Å². The highest BCUT2D eigenvalue weighted by molar-refractivity contribution is 7.88. The van der Waals surface area contributed by atoms with Crippen LogP contribution < -0.4 is 4.72 Å². The van der Waals surface area contributed by atoms with E-state index in [0.29, 0.717) is 25.3 Å². The van der Waals surface area contributed by atoms with Crippen LogP contribution in [0.3, 0.4) is 0 Å². The molecule has 0 spiro atoms. The zero-order chi connectivity index (χ0) is 17.3. The van der Waals surface area contributed by atoms with Gasteiger partial charge in [-0.2, -0.15) is 0 Å². The highest BCUT2D eigenvalue weighted by Crippen LogP contribution is 2.21. The minimum Gasteiger partial charge on any atom is -0.351 e. The molecule has 1 aromatic carbocycles. The van der Waals surface area contributed by atoms with E-state index in [2.05, 4.69) is 9.71 Å². The van der Waals surface area contributed by atoms with Crippen LogP contribution >= 0.6 is 0 Å². The van der Waals surface area contributed by atoms with Gasteiger partial charge in [0.1, 0.15) is 5.69 Å². The lowest BCUT2D eigenvalue weighted by Gasteiger charge is -2.32. The first-order valence-electron chi connectivity index (χ1n) is 8.15. The molecule has 24 heavy (non-hydrogen) atoms. The number of benzene rings is 1. The number of fused-ring (bicyclic) bond motifs is 1. The first-order chi connectivity index (χ1) is 11.3. The molecule has 1 atom stereocenters. The number of nitrogens with zero attached hydrogens (tertiary/aromatic N) is 1. The molecule has 0 saturated carbocycles. The minimum absolute atomic E-state index is 0.0205. The zero-order valence-corrected chi connectivity index (χ0v) is 14.8. The Labute approximate surface area is 142 Å². The monoisotopic (exact) mass is 349 g/mol. The van der Waals surface area contributed by atoms with Crippen molar-refractivity contribution in [2.24, 2.45) is 5.92 Å². The maximum absolute atomic E-state index is 12.8. The van der Waals surface area contributed by atoms with Crippen molar-refractivity contribution in [3.8, 4) is 0 Å². The number of rotatable bonds is 4. The van der Waals surface area contributed by atoms with Crippen LogP contribution in [0.25, 0.3) is 10.9 Å². The number of aromatic nitrogens is 1. The van der Waals surface area contributed by atoms with E-state index in [9.17, 15) is 13.2 Å². The van der Waals surface area contributed by atoms with Crippen LogP contribution in [0.1, 0.15) is 28.9 Å². The number of nitrogens with one attached hydrogen (secondary N) is 2. The highest BCUT2D eigenvalue weighted by Gasteiger charge is 2.25. The van der Waals surface area contributed by atoms with Crippen LogP contribution in [0.2, 0.25) is 0 Å². The summed E-state index contributed by atoms with van der Waals surface area (Å²) in [7, 11) is -3.19. The quantitative estimate of drug-likeness (QED) is 0.884. The number of piperidine rings is 1. The largest absolute Gasteiger partial charge is 0.351 e. The van der Waals surface area contributed by atoms with E-state index in [0.717, 1.165) is 35.6 Å². The third-order valence-electron chi connectivity index (χ3n) is 4.45. The fourth-order valence-electron chi connectivity index (χ4n) is 3.21. The van der Waals surface area contributed by atoms with Gasteiger partial charge in [0.05, 0.1) is 6.26 Å². The number of hydrogen-bond acceptors (Lipinski definition) is 3. The smallest absolute Gasteiger partial charge is 0.270 e. The third kappa shape index (κ3) is 3.96.